The average Bonchev–Trinajstić information content (AvgIpc) is 2.19. The van der Waals surface area contributed by atoms with Crippen molar-refractivity contribution in [1.29, 1.82) is 0 Å². The van der Waals surface area contributed by atoms with Crippen molar-refractivity contribution in [3.63, 3.8) is 0 Å². The molecule has 0 radical (unpaired) electrons. The Hall–Kier alpha value is -0.610. The second-order valence-electron chi connectivity index (χ2n) is 3.80. The highest BCUT2D eigenvalue weighted by molar-refractivity contribution is 5.74. The minimum Gasteiger partial charge on any atom is -0.480 e. The maximum atomic E-state index is 11.0. The van der Waals surface area contributed by atoms with Gasteiger partial charge in [0.15, 0.2) is 0 Å². The van der Waals surface area contributed by atoms with Crippen LogP contribution in [0.2, 0.25) is 0 Å². The number of nitrogens with zero attached hydrogens (tertiary/aromatic N) is 1. The van der Waals surface area contributed by atoms with Crippen LogP contribution in [0.1, 0.15) is 26.2 Å². The van der Waals surface area contributed by atoms with Crippen molar-refractivity contribution in [3.05, 3.63) is 0 Å². The topological polar surface area (TPSA) is 52.6 Å². The van der Waals surface area contributed by atoms with E-state index in [1.807, 2.05) is 0 Å². The molecule has 1 fully saturated rings. The molecule has 1 rings (SSSR count). The van der Waals surface area contributed by atoms with Gasteiger partial charge in [-0.3, -0.25) is 9.69 Å². The third-order valence-corrected chi connectivity index (χ3v) is 3.03. The molecular formula is C10H20N2O2. The van der Waals surface area contributed by atoms with Crippen molar-refractivity contribution in [2.75, 3.05) is 20.1 Å². The summed E-state index contributed by atoms with van der Waals surface area (Å²) in [5.74, 6) is -0.738. The summed E-state index contributed by atoms with van der Waals surface area (Å²) in [6.45, 7) is 4.07. The first kappa shape index (κ1) is 11.5. The Morgan fingerprint density at radius 1 is 1.64 bits per heavy atom. The largest absolute Gasteiger partial charge is 0.480 e. The predicted molar refractivity (Wildman–Crippen MR) is 55.4 cm³/mol. The molecule has 0 spiro atoms. The summed E-state index contributed by atoms with van der Waals surface area (Å²) in [5, 5.41) is 11.9. The van der Waals surface area contributed by atoms with Gasteiger partial charge in [-0.25, -0.2) is 0 Å². The van der Waals surface area contributed by atoms with Crippen molar-refractivity contribution < 1.29 is 9.90 Å². The van der Waals surface area contributed by atoms with E-state index in [-0.39, 0.29) is 6.04 Å². The highest BCUT2D eigenvalue weighted by atomic mass is 16.4. The Balaban J connectivity index is 2.65. The normalized spacial score (nSPS) is 26.0. The Morgan fingerprint density at radius 2 is 2.36 bits per heavy atom. The summed E-state index contributed by atoms with van der Waals surface area (Å²) in [5.41, 5.74) is 0. The molecule has 14 heavy (non-hydrogen) atoms. The molecule has 82 valence electrons. The van der Waals surface area contributed by atoms with E-state index >= 15 is 0 Å². The number of hydrogen-bond acceptors (Lipinski definition) is 3. The van der Waals surface area contributed by atoms with Gasteiger partial charge in [-0.2, -0.15) is 0 Å². The summed E-state index contributed by atoms with van der Waals surface area (Å²) in [7, 11) is 1.72. The molecule has 1 aliphatic heterocycles. The summed E-state index contributed by atoms with van der Waals surface area (Å²) in [6, 6.07) is -0.258. The lowest BCUT2D eigenvalue weighted by Crippen LogP contribution is -2.54. The fourth-order valence-electron chi connectivity index (χ4n) is 2.27. The zero-order valence-corrected chi connectivity index (χ0v) is 8.99. The molecule has 1 saturated heterocycles. The highest BCUT2D eigenvalue weighted by Crippen LogP contribution is 2.19. The molecule has 0 bridgehead atoms. The summed E-state index contributed by atoms with van der Waals surface area (Å²) < 4.78 is 0. The number of piperidine rings is 1. The first-order chi connectivity index (χ1) is 6.70. The van der Waals surface area contributed by atoms with Crippen molar-refractivity contribution >= 4 is 5.97 Å². The van der Waals surface area contributed by atoms with Crippen molar-refractivity contribution in [1.82, 2.24) is 10.2 Å². The SMILES string of the molecule is CCN1CCCCC1C(NC)C(=O)O. The number of likely N-dealkylation sites (N-methyl/N-ethyl adjacent to an activating group) is 2. The van der Waals surface area contributed by atoms with Crippen molar-refractivity contribution in [2.45, 2.75) is 38.3 Å². The number of nitrogens with one attached hydrogen (secondary N) is 1. The molecule has 2 unspecified atom stereocenters. The summed E-state index contributed by atoms with van der Waals surface area (Å²) in [6.07, 6.45) is 3.33. The molecule has 0 saturated carbocycles. The third kappa shape index (κ3) is 2.45. The predicted octanol–water partition coefficient (Wildman–Crippen LogP) is 0.533. The van der Waals surface area contributed by atoms with Gasteiger partial charge in [-0.1, -0.05) is 13.3 Å². The van der Waals surface area contributed by atoms with Crippen molar-refractivity contribution in [3.8, 4) is 0 Å². The van der Waals surface area contributed by atoms with E-state index in [1.165, 1.54) is 6.42 Å². The zero-order chi connectivity index (χ0) is 10.6. The van der Waals surface area contributed by atoms with Crippen molar-refractivity contribution in [2.24, 2.45) is 0 Å². The van der Waals surface area contributed by atoms with Crippen LogP contribution in [0, 0.1) is 0 Å². The Labute approximate surface area is 85.3 Å². The van der Waals surface area contributed by atoms with E-state index in [4.69, 9.17) is 5.11 Å². The molecule has 0 aromatic heterocycles. The van der Waals surface area contributed by atoms with E-state index in [9.17, 15) is 4.79 Å². The second-order valence-corrected chi connectivity index (χ2v) is 3.80. The van der Waals surface area contributed by atoms with Gasteiger partial charge in [-0.15, -0.1) is 0 Å². The van der Waals surface area contributed by atoms with Gasteiger partial charge in [0.05, 0.1) is 0 Å². The molecule has 0 aliphatic carbocycles. The van der Waals surface area contributed by atoms with Gasteiger partial charge in [0.2, 0.25) is 0 Å². The standard InChI is InChI=1S/C10H20N2O2/c1-3-12-7-5-4-6-8(12)9(11-2)10(13)14/h8-9,11H,3-7H2,1-2H3,(H,13,14). The van der Waals surface area contributed by atoms with Gasteiger partial charge in [0, 0.05) is 6.04 Å². The third-order valence-electron chi connectivity index (χ3n) is 3.03. The Kier molecular flexibility index (Phi) is 4.35. The van der Waals surface area contributed by atoms with E-state index in [0.717, 1.165) is 25.9 Å². The maximum Gasteiger partial charge on any atom is 0.322 e. The molecule has 2 N–H and O–H groups in total. The number of hydrogen-bond donors (Lipinski definition) is 2. The van der Waals surface area contributed by atoms with Gasteiger partial charge < -0.3 is 10.4 Å². The van der Waals surface area contributed by atoms with Crippen LogP contribution in [0.3, 0.4) is 0 Å². The zero-order valence-electron chi connectivity index (χ0n) is 8.99. The fraction of sp³-hybridized carbons (Fsp3) is 0.900. The number of carboxylic acid groups (broad SMARTS) is 1. The van der Waals surface area contributed by atoms with Gasteiger partial charge >= 0.3 is 5.97 Å². The number of carbonyl (C=O) groups is 1. The average molecular weight is 200 g/mol. The second kappa shape index (κ2) is 5.32. The number of carboxylic acids is 1. The lowest BCUT2D eigenvalue weighted by Gasteiger charge is -2.38. The van der Waals surface area contributed by atoms with Crippen LogP contribution in [0.25, 0.3) is 0 Å². The number of aliphatic carboxylic acids is 1. The van der Waals surface area contributed by atoms with Gasteiger partial charge in [-0.05, 0) is 33.0 Å². The van der Waals surface area contributed by atoms with Crippen LogP contribution in [0.5, 0.6) is 0 Å². The molecule has 0 aromatic rings. The highest BCUT2D eigenvalue weighted by Gasteiger charge is 2.32. The quantitative estimate of drug-likeness (QED) is 0.695. The molecule has 1 aliphatic rings. The molecule has 0 aromatic carbocycles. The summed E-state index contributed by atoms with van der Waals surface area (Å²) in [4.78, 5) is 13.3. The van der Waals surface area contributed by atoms with Crippen LogP contribution in [0.15, 0.2) is 0 Å². The molecule has 4 nitrogen and oxygen atoms in total. The van der Waals surface area contributed by atoms with Gasteiger partial charge in [0.1, 0.15) is 6.04 Å². The fourth-order valence-corrected chi connectivity index (χ4v) is 2.27. The van der Waals surface area contributed by atoms with E-state index < -0.39 is 12.0 Å². The van der Waals surface area contributed by atoms with Crippen LogP contribution >= 0.6 is 0 Å². The smallest absolute Gasteiger partial charge is 0.322 e. The minimum atomic E-state index is -0.738. The summed E-state index contributed by atoms with van der Waals surface area (Å²) >= 11 is 0. The molecule has 0 amide bonds. The molecule has 4 heteroatoms. The van der Waals surface area contributed by atoms with E-state index in [2.05, 4.69) is 17.1 Å². The molecule has 1 heterocycles. The van der Waals surface area contributed by atoms with Crippen LogP contribution in [0.4, 0.5) is 0 Å². The Morgan fingerprint density at radius 3 is 2.86 bits per heavy atom. The lowest BCUT2D eigenvalue weighted by molar-refractivity contribution is -0.141. The monoisotopic (exact) mass is 200 g/mol. The minimum absolute atomic E-state index is 0.163. The Bertz CT molecular complexity index is 197. The molecule has 2 atom stereocenters. The first-order valence-corrected chi connectivity index (χ1v) is 5.34. The maximum absolute atomic E-state index is 11.0. The van der Waals surface area contributed by atoms with E-state index in [0.29, 0.717) is 0 Å². The molecular weight excluding hydrogens is 180 g/mol. The number of rotatable bonds is 4. The van der Waals surface area contributed by atoms with Gasteiger partial charge in [0.25, 0.3) is 0 Å². The van der Waals surface area contributed by atoms with Crippen LogP contribution < -0.4 is 5.32 Å². The number of likely N-dealkylation sites (tertiary alicyclic amines) is 1. The van der Waals surface area contributed by atoms with Crippen LogP contribution in [-0.2, 0) is 4.79 Å². The van der Waals surface area contributed by atoms with Crippen LogP contribution in [-0.4, -0.2) is 48.2 Å². The van der Waals surface area contributed by atoms with E-state index in [1.54, 1.807) is 7.05 Å². The lowest BCUT2D eigenvalue weighted by atomic mass is 9.95. The first-order valence-electron chi connectivity index (χ1n) is 5.34.